The summed E-state index contributed by atoms with van der Waals surface area (Å²) in [5.41, 5.74) is 2.44. The van der Waals surface area contributed by atoms with Crippen LogP contribution in [0.4, 0.5) is 4.79 Å². The number of benzene rings is 1. The summed E-state index contributed by atoms with van der Waals surface area (Å²) in [5, 5.41) is 7.60. The number of rotatable bonds is 8. The highest BCUT2D eigenvalue weighted by molar-refractivity contribution is 5.95. The molecule has 9 nitrogen and oxygen atoms in total. The van der Waals surface area contributed by atoms with Crippen molar-refractivity contribution in [3.8, 4) is 5.75 Å². The smallest absolute Gasteiger partial charge is 0.410 e. The van der Waals surface area contributed by atoms with E-state index in [9.17, 15) is 9.59 Å². The number of carbonyl (C=O) groups excluding carboxylic acids is 2. The number of amides is 2. The van der Waals surface area contributed by atoms with Crippen LogP contribution in [0.25, 0.3) is 0 Å². The normalized spacial score (nSPS) is 17.7. The molecule has 0 radical (unpaired) electrons. The van der Waals surface area contributed by atoms with Crippen molar-refractivity contribution in [2.75, 3.05) is 46.4 Å². The lowest BCUT2D eigenvalue weighted by molar-refractivity contribution is 0.0203. The Morgan fingerprint density at radius 3 is 2.31 bits per heavy atom. The summed E-state index contributed by atoms with van der Waals surface area (Å²) < 4.78 is 12.6. The second-order valence-electron chi connectivity index (χ2n) is 11.9. The molecule has 2 aromatic rings. The molecule has 2 aliphatic rings. The average Bonchev–Trinajstić information content (AvgIpc) is 3.32. The van der Waals surface area contributed by atoms with Crippen LogP contribution in [-0.2, 0) is 18.2 Å². The molecule has 39 heavy (non-hydrogen) atoms. The van der Waals surface area contributed by atoms with Gasteiger partial charge in [-0.2, -0.15) is 5.10 Å². The van der Waals surface area contributed by atoms with Crippen molar-refractivity contribution in [3.05, 3.63) is 47.3 Å². The van der Waals surface area contributed by atoms with E-state index < -0.39 is 5.60 Å². The zero-order valence-corrected chi connectivity index (χ0v) is 24.2. The van der Waals surface area contributed by atoms with E-state index >= 15 is 0 Å². The lowest BCUT2D eigenvalue weighted by atomic mass is 9.91. The van der Waals surface area contributed by atoms with Gasteiger partial charge in [-0.3, -0.25) is 9.48 Å². The fourth-order valence-corrected chi connectivity index (χ4v) is 5.59. The summed E-state index contributed by atoms with van der Waals surface area (Å²) in [6.07, 6.45) is 6.20. The van der Waals surface area contributed by atoms with Gasteiger partial charge in [-0.15, -0.1) is 0 Å². The molecule has 2 aliphatic heterocycles. The van der Waals surface area contributed by atoms with Crippen molar-refractivity contribution < 1.29 is 19.1 Å². The van der Waals surface area contributed by atoms with E-state index in [1.54, 1.807) is 18.2 Å². The molecule has 214 valence electrons. The Balaban J connectivity index is 1.21. The topological polar surface area (TPSA) is 88.9 Å². The number of methoxy groups -OCH3 is 1. The minimum absolute atomic E-state index is 0.0467. The minimum Gasteiger partial charge on any atom is -0.497 e. The number of hydrogen-bond donors (Lipinski definition) is 1. The van der Waals surface area contributed by atoms with Crippen LogP contribution in [0.1, 0.15) is 74.0 Å². The summed E-state index contributed by atoms with van der Waals surface area (Å²) in [6, 6.07) is 8.31. The van der Waals surface area contributed by atoms with Gasteiger partial charge < -0.3 is 24.6 Å². The molecule has 1 N–H and O–H groups in total. The summed E-state index contributed by atoms with van der Waals surface area (Å²) >= 11 is 0. The summed E-state index contributed by atoms with van der Waals surface area (Å²) in [7, 11) is 3.59. The van der Waals surface area contributed by atoms with Crippen molar-refractivity contribution in [3.63, 3.8) is 0 Å². The van der Waals surface area contributed by atoms with Gasteiger partial charge in [0.2, 0.25) is 0 Å². The third kappa shape index (κ3) is 7.97. The number of piperidine rings is 2. The van der Waals surface area contributed by atoms with Crippen LogP contribution in [-0.4, -0.2) is 83.6 Å². The van der Waals surface area contributed by atoms with Crippen molar-refractivity contribution in [2.45, 2.75) is 64.4 Å². The molecule has 9 heteroatoms. The quantitative estimate of drug-likeness (QED) is 0.540. The van der Waals surface area contributed by atoms with E-state index in [-0.39, 0.29) is 17.9 Å². The molecule has 1 aromatic carbocycles. The molecule has 0 spiro atoms. The van der Waals surface area contributed by atoms with Crippen LogP contribution < -0.4 is 10.1 Å². The lowest BCUT2D eigenvalue weighted by Crippen LogP contribution is -2.42. The van der Waals surface area contributed by atoms with Crippen LogP contribution in [0, 0.1) is 5.92 Å². The first kappa shape index (κ1) is 28.9. The SMILES string of the molecule is COc1ccc(CCN2CCC(CNC(=O)c3cnn(C)c3C3CCN(C(=O)OC(C)(C)C)CC3)CC2)cc1. The predicted molar refractivity (Wildman–Crippen MR) is 151 cm³/mol. The molecular formula is C30H45N5O4. The van der Waals surface area contributed by atoms with Crippen LogP contribution in [0.2, 0.25) is 0 Å². The molecule has 0 saturated carbocycles. The highest BCUT2D eigenvalue weighted by atomic mass is 16.6. The first-order valence-electron chi connectivity index (χ1n) is 14.3. The molecule has 2 saturated heterocycles. The van der Waals surface area contributed by atoms with Gasteiger partial charge in [-0.1, -0.05) is 12.1 Å². The summed E-state index contributed by atoms with van der Waals surface area (Å²) in [4.78, 5) is 29.9. The van der Waals surface area contributed by atoms with Crippen LogP contribution in [0.3, 0.4) is 0 Å². The molecule has 3 heterocycles. The van der Waals surface area contributed by atoms with E-state index in [0.717, 1.165) is 63.2 Å². The zero-order valence-electron chi connectivity index (χ0n) is 24.2. The predicted octanol–water partition coefficient (Wildman–Crippen LogP) is 4.23. The Labute approximate surface area is 232 Å². The third-order valence-corrected chi connectivity index (χ3v) is 7.90. The van der Waals surface area contributed by atoms with Gasteiger partial charge >= 0.3 is 6.09 Å². The molecule has 0 atom stereocenters. The van der Waals surface area contributed by atoms with E-state index in [1.807, 2.05) is 44.6 Å². The number of likely N-dealkylation sites (tertiary alicyclic amines) is 2. The molecule has 2 amide bonds. The molecule has 0 bridgehead atoms. The van der Waals surface area contributed by atoms with Gasteiger partial charge in [0.25, 0.3) is 5.91 Å². The first-order chi connectivity index (χ1) is 18.6. The van der Waals surface area contributed by atoms with Gasteiger partial charge in [0.15, 0.2) is 0 Å². The number of nitrogens with one attached hydrogen (secondary N) is 1. The van der Waals surface area contributed by atoms with Gasteiger partial charge in [0, 0.05) is 39.1 Å². The number of ether oxygens (including phenoxy) is 2. The monoisotopic (exact) mass is 539 g/mol. The Kier molecular flexibility index (Phi) is 9.53. The molecule has 1 aromatic heterocycles. The number of aryl methyl sites for hydroxylation is 1. The third-order valence-electron chi connectivity index (χ3n) is 7.90. The van der Waals surface area contributed by atoms with Crippen LogP contribution in [0.5, 0.6) is 5.75 Å². The highest BCUT2D eigenvalue weighted by Gasteiger charge is 2.31. The number of nitrogens with zero attached hydrogens (tertiary/aromatic N) is 4. The molecule has 0 unspecified atom stereocenters. The van der Waals surface area contributed by atoms with Crippen LogP contribution >= 0.6 is 0 Å². The first-order valence-corrected chi connectivity index (χ1v) is 14.3. The Bertz CT molecular complexity index is 1090. The molecule has 4 rings (SSSR count). The van der Waals surface area contributed by atoms with E-state index in [1.165, 1.54) is 5.56 Å². The molecule has 0 aliphatic carbocycles. The maximum absolute atomic E-state index is 13.2. The summed E-state index contributed by atoms with van der Waals surface area (Å²) in [6.45, 7) is 10.7. The fraction of sp³-hybridized carbons (Fsp3) is 0.633. The highest BCUT2D eigenvalue weighted by Crippen LogP contribution is 2.31. The molecule has 2 fully saturated rings. The Morgan fingerprint density at radius 2 is 1.69 bits per heavy atom. The maximum Gasteiger partial charge on any atom is 0.410 e. The molecular weight excluding hydrogens is 494 g/mol. The average molecular weight is 540 g/mol. The Morgan fingerprint density at radius 1 is 1.03 bits per heavy atom. The van der Waals surface area contributed by atoms with Gasteiger partial charge in [-0.25, -0.2) is 4.79 Å². The zero-order chi connectivity index (χ0) is 28.0. The maximum atomic E-state index is 13.2. The van der Waals surface area contributed by atoms with E-state index in [2.05, 4.69) is 27.4 Å². The Hall–Kier alpha value is -3.07. The number of aromatic nitrogens is 2. The van der Waals surface area contributed by atoms with Gasteiger partial charge in [0.1, 0.15) is 11.4 Å². The van der Waals surface area contributed by atoms with E-state index in [4.69, 9.17) is 9.47 Å². The number of hydrogen-bond acceptors (Lipinski definition) is 6. The van der Waals surface area contributed by atoms with Crippen molar-refractivity contribution in [2.24, 2.45) is 13.0 Å². The van der Waals surface area contributed by atoms with Gasteiger partial charge in [0.05, 0.1) is 24.6 Å². The van der Waals surface area contributed by atoms with Crippen molar-refractivity contribution >= 4 is 12.0 Å². The van der Waals surface area contributed by atoms with Crippen molar-refractivity contribution in [1.82, 2.24) is 24.9 Å². The van der Waals surface area contributed by atoms with Gasteiger partial charge in [-0.05, 0) is 89.6 Å². The van der Waals surface area contributed by atoms with E-state index in [0.29, 0.717) is 31.1 Å². The standard InChI is InChI=1S/C30H45N5O4/c1-30(2,3)39-29(37)35-18-13-24(14-19-35)27-26(21-32-33(27)4)28(36)31-20-23-11-16-34(17-12-23)15-10-22-6-8-25(38-5)9-7-22/h6-9,21,23-24H,10-20H2,1-5H3,(H,31,36). The second-order valence-corrected chi connectivity index (χ2v) is 11.9. The second kappa shape index (κ2) is 12.9. The van der Waals surface area contributed by atoms with Crippen molar-refractivity contribution in [1.29, 1.82) is 0 Å². The fourth-order valence-electron chi connectivity index (χ4n) is 5.59. The largest absolute Gasteiger partial charge is 0.497 e. The lowest BCUT2D eigenvalue weighted by Gasteiger charge is -2.34. The van der Waals surface area contributed by atoms with Crippen LogP contribution in [0.15, 0.2) is 30.5 Å². The minimum atomic E-state index is -0.505. The number of carbonyl (C=O) groups is 2. The summed E-state index contributed by atoms with van der Waals surface area (Å²) in [5.74, 6) is 1.52.